The summed E-state index contributed by atoms with van der Waals surface area (Å²) in [5.74, 6) is 0.384. The molecule has 2 heterocycles. The number of nitrogens with zero attached hydrogens (tertiary/aromatic N) is 3. The smallest absolute Gasteiger partial charge is 0.290 e. The van der Waals surface area contributed by atoms with Gasteiger partial charge in [0.25, 0.3) is 5.56 Å². The first kappa shape index (κ1) is 11.4. The summed E-state index contributed by atoms with van der Waals surface area (Å²) in [6.45, 7) is 1.69. The second-order valence-corrected chi connectivity index (χ2v) is 3.70. The van der Waals surface area contributed by atoms with Crippen LogP contribution in [0.4, 0.5) is 5.82 Å². The number of aryl methyl sites for hydroxylation is 1. The number of rotatable bonds is 6. The molecule has 2 aromatic rings. The molecule has 0 amide bonds. The molecule has 17 heavy (non-hydrogen) atoms. The van der Waals surface area contributed by atoms with E-state index in [1.54, 1.807) is 18.7 Å². The summed E-state index contributed by atoms with van der Waals surface area (Å²) in [4.78, 5) is 21.8. The highest BCUT2D eigenvalue weighted by Gasteiger charge is 1.97. The van der Waals surface area contributed by atoms with Crippen molar-refractivity contribution in [1.29, 1.82) is 0 Å². The van der Waals surface area contributed by atoms with Gasteiger partial charge in [-0.1, -0.05) is 0 Å². The molecule has 6 nitrogen and oxygen atoms in total. The van der Waals surface area contributed by atoms with Crippen LogP contribution in [-0.2, 0) is 6.54 Å². The van der Waals surface area contributed by atoms with Crippen LogP contribution in [0.3, 0.4) is 0 Å². The van der Waals surface area contributed by atoms with Gasteiger partial charge in [-0.3, -0.25) is 4.79 Å². The Morgan fingerprint density at radius 3 is 3.06 bits per heavy atom. The van der Waals surface area contributed by atoms with Crippen molar-refractivity contribution in [2.45, 2.75) is 19.4 Å². The molecule has 0 spiro atoms. The minimum absolute atomic E-state index is 0.179. The minimum atomic E-state index is -0.179. The zero-order valence-electron chi connectivity index (χ0n) is 9.47. The number of H-pyrrole nitrogens is 1. The lowest BCUT2D eigenvalue weighted by Crippen LogP contribution is -2.16. The van der Waals surface area contributed by atoms with Crippen molar-refractivity contribution in [3.8, 4) is 0 Å². The molecule has 0 bridgehead atoms. The summed E-state index contributed by atoms with van der Waals surface area (Å²) in [5, 5.41) is 3.01. The monoisotopic (exact) mass is 233 g/mol. The Kier molecular flexibility index (Phi) is 3.90. The normalized spacial score (nSPS) is 10.4. The van der Waals surface area contributed by atoms with Crippen LogP contribution < -0.4 is 10.9 Å². The average molecular weight is 233 g/mol. The Morgan fingerprint density at radius 1 is 1.35 bits per heavy atom. The van der Waals surface area contributed by atoms with Gasteiger partial charge >= 0.3 is 0 Å². The molecule has 0 fully saturated rings. The molecule has 0 radical (unpaired) electrons. The second kappa shape index (κ2) is 5.83. The van der Waals surface area contributed by atoms with Crippen molar-refractivity contribution in [1.82, 2.24) is 19.5 Å². The maximum absolute atomic E-state index is 11.3. The Hall–Kier alpha value is -2.11. The fourth-order valence-corrected chi connectivity index (χ4v) is 1.52. The van der Waals surface area contributed by atoms with Crippen LogP contribution in [0.25, 0.3) is 0 Å². The standard InChI is InChI=1S/C11H15N5O/c17-11-10(14-4-5-15-11)13-3-1-2-7-16-8-6-12-9-16/h4-6,8-9H,1-3,7H2,(H,13,14)(H,15,17). The predicted molar refractivity (Wildman–Crippen MR) is 64.8 cm³/mol. The van der Waals surface area contributed by atoms with Gasteiger partial charge in [0.15, 0.2) is 5.82 Å². The SMILES string of the molecule is O=c1[nH]ccnc1NCCCCn1ccnc1. The molecule has 0 aliphatic heterocycles. The van der Waals surface area contributed by atoms with Crippen LogP contribution in [0.2, 0.25) is 0 Å². The Balaban J connectivity index is 1.67. The van der Waals surface area contributed by atoms with Gasteiger partial charge in [0.1, 0.15) is 0 Å². The molecule has 0 aromatic carbocycles. The van der Waals surface area contributed by atoms with E-state index < -0.39 is 0 Å². The zero-order chi connectivity index (χ0) is 11.9. The van der Waals surface area contributed by atoms with E-state index in [-0.39, 0.29) is 5.56 Å². The van der Waals surface area contributed by atoms with Crippen molar-refractivity contribution < 1.29 is 0 Å². The maximum atomic E-state index is 11.3. The maximum Gasteiger partial charge on any atom is 0.290 e. The third-order valence-corrected chi connectivity index (χ3v) is 2.40. The lowest BCUT2D eigenvalue weighted by atomic mass is 10.3. The van der Waals surface area contributed by atoms with Gasteiger partial charge in [0.2, 0.25) is 0 Å². The van der Waals surface area contributed by atoms with E-state index in [1.165, 1.54) is 6.20 Å². The topological polar surface area (TPSA) is 75.6 Å². The molecule has 0 unspecified atom stereocenters. The van der Waals surface area contributed by atoms with Gasteiger partial charge in [-0.15, -0.1) is 0 Å². The van der Waals surface area contributed by atoms with E-state index >= 15 is 0 Å². The van der Waals surface area contributed by atoms with E-state index in [2.05, 4.69) is 20.3 Å². The van der Waals surface area contributed by atoms with Crippen LogP contribution in [0.5, 0.6) is 0 Å². The number of anilines is 1. The Labute approximate surface area is 98.7 Å². The highest BCUT2D eigenvalue weighted by molar-refractivity contribution is 5.29. The van der Waals surface area contributed by atoms with Crippen molar-refractivity contribution in [2.75, 3.05) is 11.9 Å². The fourth-order valence-electron chi connectivity index (χ4n) is 1.52. The van der Waals surface area contributed by atoms with Crippen LogP contribution in [0.15, 0.2) is 35.9 Å². The lowest BCUT2D eigenvalue weighted by molar-refractivity contribution is 0.620. The number of unbranched alkanes of at least 4 members (excludes halogenated alkanes) is 1. The number of imidazole rings is 1. The van der Waals surface area contributed by atoms with Crippen molar-refractivity contribution in [3.05, 3.63) is 41.5 Å². The van der Waals surface area contributed by atoms with Crippen LogP contribution in [0, 0.1) is 0 Å². The fraction of sp³-hybridized carbons (Fsp3) is 0.364. The van der Waals surface area contributed by atoms with Crippen LogP contribution in [-0.4, -0.2) is 26.1 Å². The van der Waals surface area contributed by atoms with E-state index in [4.69, 9.17) is 0 Å². The first-order chi connectivity index (χ1) is 8.36. The van der Waals surface area contributed by atoms with E-state index in [0.29, 0.717) is 5.82 Å². The van der Waals surface area contributed by atoms with E-state index in [0.717, 1.165) is 25.9 Å². The van der Waals surface area contributed by atoms with Gasteiger partial charge in [-0.2, -0.15) is 0 Å². The summed E-state index contributed by atoms with van der Waals surface area (Å²) < 4.78 is 2.04. The molecule has 2 N–H and O–H groups in total. The second-order valence-electron chi connectivity index (χ2n) is 3.70. The summed E-state index contributed by atoms with van der Waals surface area (Å²) in [6, 6.07) is 0. The van der Waals surface area contributed by atoms with Gasteiger partial charge in [-0.25, -0.2) is 9.97 Å². The van der Waals surface area contributed by atoms with E-state index in [9.17, 15) is 4.79 Å². The molecule has 0 atom stereocenters. The molecular formula is C11H15N5O. The predicted octanol–water partition coefficient (Wildman–Crippen LogP) is 0.859. The van der Waals surface area contributed by atoms with Crippen molar-refractivity contribution in [2.24, 2.45) is 0 Å². The summed E-state index contributed by atoms with van der Waals surface area (Å²) in [7, 11) is 0. The van der Waals surface area contributed by atoms with Crippen LogP contribution >= 0.6 is 0 Å². The molecule has 90 valence electrons. The summed E-state index contributed by atoms with van der Waals surface area (Å²) >= 11 is 0. The summed E-state index contributed by atoms with van der Waals surface area (Å²) in [5.41, 5.74) is -0.179. The van der Waals surface area contributed by atoms with Crippen LogP contribution in [0.1, 0.15) is 12.8 Å². The highest BCUT2D eigenvalue weighted by atomic mass is 16.1. The van der Waals surface area contributed by atoms with Crippen molar-refractivity contribution >= 4 is 5.82 Å². The Bertz CT molecular complexity index is 491. The quantitative estimate of drug-likeness (QED) is 0.725. The van der Waals surface area contributed by atoms with Gasteiger partial charge in [-0.05, 0) is 12.8 Å². The number of aromatic nitrogens is 4. The number of nitrogens with one attached hydrogen (secondary N) is 2. The molecule has 0 saturated heterocycles. The van der Waals surface area contributed by atoms with Crippen molar-refractivity contribution in [3.63, 3.8) is 0 Å². The number of hydrogen-bond acceptors (Lipinski definition) is 4. The average Bonchev–Trinajstić information content (AvgIpc) is 2.84. The van der Waals surface area contributed by atoms with Gasteiger partial charge in [0.05, 0.1) is 6.33 Å². The Morgan fingerprint density at radius 2 is 2.29 bits per heavy atom. The first-order valence-electron chi connectivity index (χ1n) is 5.59. The first-order valence-corrected chi connectivity index (χ1v) is 5.59. The number of hydrogen-bond donors (Lipinski definition) is 2. The molecule has 2 aromatic heterocycles. The third-order valence-electron chi connectivity index (χ3n) is 2.40. The molecule has 0 saturated carbocycles. The molecule has 0 aliphatic rings. The lowest BCUT2D eigenvalue weighted by Gasteiger charge is -2.04. The highest BCUT2D eigenvalue weighted by Crippen LogP contribution is 1.96. The van der Waals surface area contributed by atoms with Gasteiger partial charge < -0.3 is 14.9 Å². The zero-order valence-corrected chi connectivity index (χ0v) is 9.47. The van der Waals surface area contributed by atoms with Gasteiger partial charge in [0, 0.05) is 37.9 Å². The molecule has 2 rings (SSSR count). The largest absolute Gasteiger partial charge is 0.365 e. The third kappa shape index (κ3) is 3.44. The van der Waals surface area contributed by atoms with E-state index in [1.807, 2.05) is 10.8 Å². The number of aromatic amines is 1. The molecular weight excluding hydrogens is 218 g/mol. The molecule has 6 heteroatoms. The summed E-state index contributed by atoms with van der Waals surface area (Å²) in [6.07, 6.45) is 10.6. The molecule has 0 aliphatic carbocycles. The minimum Gasteiger partial charge on any atom is -0.365 e.